The van der Waals surface area contributed by atoms with Crippen LogP contribution in [0.5, 0.6) is 0 Å². The Hall–Kier alpha value is -2.35. The number of alkyl halides is 3. The number of carbonyl (C=O) groups excluding carboxylic acids is 1. The number of rotatable bonds is 5. The van der Waals surface area contributed by atoms with Crippen LogP contribution >= 0.6 is 11.6 Å². The van der Waals surface area contributed by atoms with Gasteiger partial charge in [0.15, 0.2) is 0 Å². The average molecular weight is 373 g/mol. The van der Waals surface area contributed by atoms with Gasteiger partial charge in [-0.2, -0.15) is 13.2 Å². The first kappa shape index (κ1) is 19.0. The minimum Gasteiger partial charge on any atom is -0.368 e. The number of benzene rings is 1. The predicted octanol–water partition coefficient (Wildman–Crippen LogP) is 4.61. The Balaban J connectivity index is 2.19. The van der Waals surface area contributed by atoms with Gasteiger partial charge in [-0.15, -0.1) is 0 Å². The van der Waals surface area contributed by atoms with Gasteiger partial charge >= 0.3 is 6.18 Å². The van der Waals surface area contributed by atoms with Gasteiger partial charge in [-0.1, -0.05) is 18.5 Å². The van der Waals surface area contributed by atoms with E-state index < -0.39 is 22.7 Å². The fourth-order valence-corrected chi connectivity index (χ4v) is 2.16. The molecule has 1 unspecified atom stereocenters. The summed E-state index contributed by atoms with van der Waals surface area (Å²) in [4.78, 5) is 20.1. The van der Waals surface area contributed by atoms with Crippen molar-refractivity contribution in [3.8, 4) is 0 Å². The van der Waals surface area contributed by atoms with Crippen molar-refractivity contribution >= 4 is 29.0 Å². The maximum atomic E-state index is 12.9. The molecule has 134 valence electrons. The van der Waals surface area contributed by atoms with Crippen molar-refractivity contribution in [3.05, 3.63) is 46.9 Å². The Kier molecular flexibility index (Phi) is 5.84. The van der Waals surface area contributed by atoms with E-state index in [1.165, 1.54) is 18.5 Å². The number of carbonyl (C=O) groups is 1. The van der Waals surface area contributed by atoms with Crippen molar-refractivity contribution in [1.82, 2.24) is 9.97 Å². The summed E-state index contributed by atoms with van der Waals surface area (Å²) in [6.07, 6.45) is -2.54. The van der Waals surface area contributed by atoms with Crippen LogP contribution in [0.25, 0.3) is 0 Å². The molecular weight excluding hydrogens is 357 g/mol. The highest BCUT2D eigenvalue weighted by Crippen LogP contribution is 2.36. The molecule has 2 N–H and O–H groups in total. The molecule has 1 amide bonds. The van der Waals surface area contributed by atoms with Gasteiger partial charge in [-0.05, 0) is 31.5 Å². The van der Waals surface area contributed by atoms with Crippen molar-refractivity contribution in [3.63, 3.8) is 0 Å². The van der Waals surface area contributed by atoms with Crippen molar-refractivity contribution in [2.24, 2.45) is 0 Å². The molecule has 0 bridgehead atoms. The number of amides is 1. The smallest absolute Gasteiger partial charge is 0.368 e. The molecule has 1 heterocycles. The lowest BCUT2D eigenvalue weighted by Gasteiger charge is -2.13. The van der Waals surface area contributed by atoms with Gasteiger partial charge in [-0.3, -0.25) is 4.79 Å². The molecule has 0 aliphatic heterocycles. The standard InChI is InChI=1S/C16H16ClF3N4O/c1-3-9(2)23-14-7-13(21-8-22-14)15(25)24-10-4-5-12(17)11(6-10)16(18,19)20/h4-9H,3H2,1-2H3,(H,24,25)(H,21,22,23). The molecule has 1 aromatic heterocycles. The second-order valence-corrected chi connectivity index (χ2v) is 5.80. The summed E-state index contributed by atoms with van der Waals surface area (Å²) in [5, 5.41) is 5.03. The Bertz CT molecular complexity index is 767. The predicted molar refractivity (Wildman–Crippen MR) is 89.8 cm³/mol. The molecule has 9 heteroatoms. The monoisotopic (exact) mass is 372 g/mol. The van der Waals surface area contributed by atoms with Crippen LogP contribution in [0.1, 0.15) is 36.3 Å². The molecule has 1 atom stereocenters. The minimum absolute atomic E-state index is 0.0308. The van der Waals surface area contributed by atoms with Gasteiger partial charge in [0.2, 0.25) is 0 Å². The van der Waals surface area contributed by atoms with E-state index >= 15 is 0 Å². The Morgan fingerprint density at radius 2 is 2.00 bits per heavy atom. The third-order valence-corrected chi connectivity index (χ3v) is 3.77. The van der Waals surface area contributed by atoms with Crippen LogP contribution in [-0.4, -0.2) is 21.9 Å². The molecule has 2 rings (SSSR count). The zero-order valence-electron chi connectivity index (χ0n) is 13.5. The van der Waals surface area contributed by atoms with Crippen molar-refractivity contribution in [2.45, 2.75) is 32.5 Å². The van der Waals surface area contributed by atoms with Gasteiger partial charge < -0.3 is 10.6 Å². The van der Waals surface area contributed by atoms with Gasteiger partial charge in [0.25, 0.3) is 5.91 Å². The van der Waals surface area contributed by atoms with E-state index in [1.54, 1.807) is 0 Å². The van der Waals surface area contributed by atoms with Crippen molar-refractivity contribution in [1.29, 1.82) is 0 Å². The highest BCUT2D eigenvalue weighted by atomic mass is 35.5. The second kappa shape index (κ2) is 7.69. The largest absolute Gasteiger partial charge is 0.417 e. The molecule has 2 aromatic rings. The summed E-state index contributed by atoms with van der Waals surface area (Å²) in [6.45, 7) is 3.94. The van der Waals surface area contributed by atoms with E-state index in [0.717, 1.165) is 18.6 Å². The van der Waals surface area contributed by atoms with Crippen LogP contribution in [0, 0.1) is 0 Å². The summed E-state index contributed by atoms with van der Waals surface area (Å²) in [7, 11) is 0. The molecular formula is C16H16ClF3N4O. The molecule has 0 radical (unpaired) electrons. The number of nitrogens with one attached hydrogen (secondary N) is 2. The minimum atomic E-state index is -4.61. The van der Waals surface area contributed by atoms with Gasteiger partial charge in [0.05, 0.1) is 10.6 Å². The number of anilines is 2. The number of halogens is 4. The molecule has 1 aromatic carbocycles. The Morgan fingerprint density at radius 1 is 1.28 bits per heavy atom. The molecule has 0 saturated carbocycles. The van der Waals surface area contributed by atoms with Gasteiger partial charge in [0.1, 0.15) is 17.8 Å². The average Bonchev–Trinajstić information content (AvgIpc) is 2.55. The number of hydrogen-bond donors (Lipinski definition) is 2. The first-order valence-corrected chi connectivity index (χ1v) is 7.85. The normalized spacial score (nSPS) is 12.6. The van der Waals surface area contributed by atoms with Crippen LogP contribution in [0.3, 0.4) is 0 Å². The summed E-state index contributed by atoms with van der Waals surface area (Å²) >= 11 is 5.56. The van der Waals surface area contributed by atoms with Crippen molar-refractivity contribution < 1.29 is 18.0 Å². The zero-order valence-corrected chi connectivity index (χ0v) is 14.2. The molecule has 5 nitrogen and oxygen atoms in total. The van der Waals surface area contributed by atoms with Crippen molar-refractivity contribution in [2.75, 3.05) is 10.6 Å². The fourth-order valence-electron chi connectivity index (χ4n) is 1.93. The van der Waals surface area contributed by atoms with Crippen LogP contribution in [0.4, 0.5) is 24.7 Å². The topological polar surface area (TPSA) is 66.9 Å². The summed E-state index contributed by atoms with van der Waals surface area (Å²) in [5.74, 6) is -0.188. The van der Waals surface area contributed by atoms with Crippen LogP contribution in [0.15, 0.2) is 30.6 Å². The molecule has 25 heavy (non-hydrogen) atoms. The second-order valence-electron chi connectivity index (χ2n) is 5.39. The quantitative estimate of drug-likeness (QED) is 0.804. The Morgan fingerprint density at radius 3 is 2.64 bits per heavy atom. The number of hydrogen-bond acceptors (Lipinski definition) is 4. The fraction of sp³-hybridized carbons (Fsp3) is 0.312. The van der Waals surface area contributed by atoms with E-state index in [2.05, 4.69) is 20.6 Å². The highest BCUT2D eigenvalue weighted by Gasteiger charge is 2.33. The number of nitrogens with zero attached hydrogens (tertiary/aromatic N) is 2. The first-order chi connectivity index (χ1) is 11.7. The highest BCUT2D eigenvalue weighted by molar-refractivity contribution is 6.31. The van der Waals surface area contributed by atoms with E-state index in [0.29, 0.717) is 5.82 Å². The van der Waals surface area contributed by atoms with Gasteiger partial charge in [0, 0.05) is 17.8 Å². The molecule has 0 saturated heterocycles. The maximum absolute atomic E-state index is 12.9. The molecule has 0 aliphatic rings. The SMILES string of the molecule is CCC(C)Nc1cc(C(=O)Nc2ccc(Cl)c(C(F)(F)F)c2)ncn1. The van der Waals surface area contributed by atoms with E-state index in [4.69, 9.17) is 11.6 Å². The molecule has 0 fully saturated rings. The summed E-state index contributed by atoms with van der Waals surface area (Å²) in [5.41, 5.74) is -1.02. The summed E-state index contributed by atoms with van der Waals surface area (Å²) < 4.78 is 38.6. The molecule has 0 spiro atoms. The van der Waals surface area contributed by atoms with E-state index in [-0.39, 0.29) is 17.4 Å². The third-order valence-electron chi connectivity index (χ3n) is 3.44. The lowest BCUT2D eigenvalue weighted by Crippen LogP contribution is -2.18. The third kappa shape index (κ3) is 5.06. The maximum Gasteiger partial charge on any atom is 0.417 e. The van der Waals surface area contributed by atoms with Crippen LogP contribution in [-0.2, 0) is 6.18 Å². The Labute approximate surface area is 147 Å². The zero-order chi connectivity index (χ0) is 18.6. The first-order valence-electron chi connectivity index (χ1n) is 7.47. The van der Waals surface area contributed by atoms with E-state index in [1.807, 2.05) is 13.8 Å². The van der Waals surface area contributed by atoms with E-state index in [9.17, 15) is 18.0 Å². The van der Waals surface area contributed by atoms with Crippen LogP contribution in [0.2, 0.25) is 5.02 Å². The molecule has 0 aliphatic carbocycles. The lowest BCUT2D eigenvalue weighted by molar-refractivity contribution is -0.137. The van der Waals surface area contributed by atoms with Crippen LogP contribution < -0.4 is 10.6 Å². The van der Waals surface area contributed by atoms with Gasteiger partial charge in [-0.25, -0.2) is 9.97 Å². The lowest BCUT2D eigenvalue weighted by atomic mass is 10.2. The summed E-state index contributed by atoms with van der Waals surface area (Å²) in [6, 6.07) is 4.73. The number of aromatic nitrogens is 2.